The van der Waals surface area contributed by atoms with Crippen LogP contribution in [0.2, 0.25) is 5.02 Å². The van der Waals surface area contributed by atoms with E-state index in [1.54, 1.807) is 26.8 Å². The van der Waals surface area contributed by atoms with Crippen LogP contribution in [-0.4, -0.2) is 42.9 Å². The standard InChI is InChI=1S/C14H18ClN3O3S2/c1-4-17(5-2)23(20,21)12-8-10(6-7-11(12)15)18-13(19)9(3)16-14(18)22/h6-9H,4-5H2,1-3H3,(H,16,22)/t9-/m1/s1. The first-order valence-corrected chi connectivity index (χ1v) is 9.40. The van der Waals surface area contributed by atoms with Crippen molar-refractivity contribution in [2.24, 2.45) is 0 Å². The molecule has 0 aliphatic carbocycles. The molecule has 0 spiro atoms. The lowest BCUT2D eigenvalue weighted by Gasteiger charge is -2.21. The maximum absolute atomic E-state index is 12.7. The number of nitrogens with one attached hydrogen (secondary N) is 1. The first kappa shape index (κ1) is 18.1. The van der Waals surface area contributed by atoms with Gasteiger partial charge in [0, 0.05) is 13.1 Å². The Labute approximate surface area is 146 Å². The molecular formula is C14H18ClN3O3S2. The van der Waals surface area contributed by atoms with Gasteiger partial charge in [0.05, 0.1) is 10.7 Å². The van der Waals surface area contributed by atoms with E-state index >= 15 is 0 Å². The monoisotopic (exact) mass is 375 g/mol. The molecule has 9 heteroatoms. The van der Waals surface area contributed by atoms with Crippen LogP contribution in [0.5, 0.6) is 0 Å². The van der Waals surface area contributed by atoms with Crippen LogP contribution in [0.1, 0.15) is 20.8 Å². The molecule has 0 saturated carbocycles. The zero-order chi connectivity index (χ0) is 17.4. The minimum atomic E-state index is -3.73. The van der Waals surface area contributed by atoms with Crippen LogP contribution in [0, 0.1) is 0 Å². The maximum atomic E-state index is 12.7. The van der Waals surface area contributed by atoms with Gasteiger partial charge in [0.25, 0.3) is 5.91 Å². The zero-order valence-electron chi connectivity index (χ0n) is 13.0. The Morgan fingerprint density at radius 3 is 2.43 bits per heavy atom. The maximum Gasteiger partial charge on any atom is 0.255 e. The Morgan fingerprint density at radius 1 is 1.35 bits per heavy atom. The van der Waals surface area contributed by atoms with Gasteiger partial charge in [0.1, 0.15) is 10.9 Å². The van der Waals surface area contributed by atoms with Crippen LogP contribution in [0.3, 0.4) is 0 Å². The Bertz CT molecular complexity index is 748. The lowest BCUT2D eigenvalue weighted by Crippen LogP contribution is -2.32. The van der Waals surface area contributed by atoms with Gasteiger partial charge in [0.2, 0.25) is 10.0 Å². The first-order chi connectivity index (χ1) is 10.7. The predicted molar refractivity (Wildman–Crippen MR) is 94.2 cm³/mol. The second-order valence-corrected chi connectivity index (χ2v) is 7.75. The lowest BCUT2D eigenvalue weighted by atomic mass is 10.2. The molecule has 0 bridgehead atoms. The van der Waals surface area contributed by atoms with Crippen molar-refractivity contribution >= 4 is 50.5 Å². The molecule has 126 valence electrons. The van der Waals surface area contributed by atoms with Crippen molar-refractivity contribution in [1.29, 1.82) is 0 Å². The number of thiocarbonyl (C=S) groups is 1. The molecule has 1 aromatic rings. The number of sulfonamides is 1. The molecule has 1 saturated heterocycles. The van der Waals surface area contributed by atoms with Crippen molar-refractivity contribution in [3.8, 4) is 0 Å². The number of hydrogen-bond acceptors (Lipinski definition) is 4. The van der Waals surface area contributed by atoms with Gasteiger partial charge in [-0.1, -0.05) is 25.4 Å². The first-order valence-electron chi connectivity index (χ1n) is 7.18. The fourth-order valence-corrected chi connectivity index (χ4v) is 4.71. The molecule has 1 amide bonds. The Balaban J connectivity index is 2.53. The summed E-state index contributed by atoms with van der Waals surface area (Å²) in [6, 6.07) is 3.99. The number of benzene rings is 1. The summed E-state index contributed by atoms with van der Waals surface area (Å²) in [6.45, 7) is 5.86. The van der Waals surface area contributed by atoms with E-state index in [2.05, 4.69) is 5.32 Å². The van der Waals surface area contributed by atoms with Gasteiger partial charge >= 0.3 is 0 Å². The highest BCUT2D eigenvalue weighted by Crippen LogP contribution is 2.30. The molecule has 0 radical (unpaired) electrons. The van der Waals surface area contributed by atoms with Crippen LogP contribution in [0.15, 0.2) is 23.1 Å². The van der Waals surface area contributed by atoms with Crippen molar-refractivity contribution in [3.05, 3.63) is 23.2 Å². The van der Waals surface area contributed by atoms with Crippen molar-refractivity contribution in [2.75, 3.05) is 18.0 Å². The lowest BCUT2D eigenvalue weighted by molar-refractivity contribution is -0.117. The van der Waals surface area contributed by atoms with Gasteiger partial charge in [-0.25, -0.2) is 8.42 Å². The molecular weight excluding hydrogens is 358 g/mol. The largest absolute Gasteiger partial charge is 0.350 e. The summed E-state index contributed by atoms with van der Waals surface area (Å²) < 4.78 is 26.7. The minimum absolute atomic E-state index is 0.0319. The molecule has 1 atom stereocenters. The Morgan fingerprint density at radius 2 is 1.96 bits per heavy atom. The number of hydrogen-bond donors (Lipinski definition) is 1. The topological polar surface area (TPSA) is 69.7 Å². The minimum Gasteiger partial charge on any atom is -0.350 e. The van der Waals surface area contributed by atoms with Crippen molar-refractivity contribution in [3.63, 3.8) is 0 Å². The van der Waals surface area contributed by atoms with E-state index in [9.17, 15) is 13.2 Å². The quantitative estimate of drug-likeness (QED) is 0.797. The highest BCUT2D eigenvalue weighted by atomic mass is 35.5. The molecule has 0 unspecified atom stereocenters. The number of carbonyl (C=O) groups is 1. The number of amides is 1. The summed E-state index contributed by atoms with van der Waals surface area (Å²) in [5.74, 6) is -0.233. The van der Waals surface area contributed by atoms with E-state index in [-0.39, 0.29) is 20.9 Å². The molecule has 1 aliphatic heterocycles. The van der Waals surface area contributed by atoms with Crippen LogP contribution in [-0.2, 0) is 14.8 Å². The van der Waals surface area contributed by atoms with E-state index in [1.165, 1.54) is 21.3 Å². The van der Waals surface area contributed by atoms with Crippen molar-refractivity contribution < 1.29 is 13.2 Å². The Kier molecular flexibility index (Phi) is 5.30. The number of halogens is 1. The zero-order valence-corrected chi connectivity index (χ0v) is 15.4. The summed E-state index contributed by atoms with van der Waals surface area (Å²) in [4.78, 5) is 13.4. The second kappa shape index (κ2) is 6.72. The fraction of sp³-hybridized carbons (Fsp3) is 0.429. The van der Waals surface area contributed by atoms with Crippen LogP contribution in [0.4, 0.5) is 5.69 Å². The van der Waals surface area contributed by atoms with Gasteiger partial charge in [-0.2, -0.15) is 4.31 Å². The third kappa shape index (κ3) is 3.21. The van der Waals surface area contributed by atoms with Crippen LogP contribution >= 0.6 is 23.8 Å². The third-order valence-electron chi connectivity index (χ3n) is 3.63. The van der Waals surface area contributed by atoms with Crippen LogP contribution < -0.4 is 10.2 Å². The summed E-state index contributed by atoms with van der Waals surface area (Å²) in [5, 5.41) is 3.20. The van der Waals surface area contributed by atoms with Gasteiger partial charge in [0.15, 0.2) is 5.11 Å². The molecule has 1 aliphatic rings. The number of nitrogens with zero attached hydrogens (tertiary/aromatic N) is 2. The summed E-state index contributed by atoms with van der Waals surface area (Å²) in [5.41, 5.74) is 0.381. The van der Waals surface area contributed by atoms with Gasteiger partial charge in [-0.15, -0.1) is 0 Å². The average Bonchev–Trinajstić information content (AvgIpc) is 2.74. The molecule has 1 fully saturated rings. The fourth-order valence-electron chi connectivity index (χ4n) is 2.38. The number of carbonyl (C=O) groups excluding carboxylic acids is 1. The average molecular weight is 376 g/mol. The highest BCUT2D eigenvalue weighted by molar-refractivity contribution is 7.89. The van der Waals surface area contributed by atoms with Gasteiger partial charge in [-0.3, -0.25) is 9.69 Å². The molecule has 1 heterocycles. The van der Waals surface area contributed by atoms with Crippen molar-refractivity contribution in [1.82, 2.24) is 9.62 Å². The molecule has 1 N–H and O–H groups in total. The predicted octanol–water partition coefficient (Wildman–Crippen LogP) is 1.98. The summed E-state index contributed by atoms with van der Waals surface area (Å²) in [7, 11) is -3.73. The highest BCUT2D eigenvalue weighted by Gasteiger charge is 2.34. The number of anilines is 1. The second-order valence-electron chi connectivity index (χ2n) is 5.05. The van der Waals surface area contributed by atoms with E-state index in [0.29, 0.717) is 18.8 Å². The summed E-state index contributed by atoms with van der Waals surface area (Å²) in [6.07, 6.45) is 0. The molecule has 1 aromatic carbocycles. The van der Waals surface area contributed by atoms with Gasteiger partial charge in [-0.05, 0) is 37.3 Å². The number of rotatable bonds is 5. The summed E-state index contributed by atoms with van der Waals surface area (Å²) >= 11 is 11.2. The normalized spacial score (nSPS) is 18.7. The third-order valence-corrected chi connectivity index (χ3v) is 6.46. The van der Waals surface area contributed by atoms with Gasteiger partial charge < -0.3 is 5.32 Å². The smallest absolute Gasteiger partial charge is 0.255 e. The Hall–Kier alpha value is -1.22. The van der Waals surface area contributed by atoms with Crippen LogP contribution in [0.25, 0.3) is 0 Å². The van der Waals surface area contributed by atoms with E-state index < -0.39 is 16.1 Å². The van der Waals surface area contributed by atoms with Crippen molar-refractivity contribution in [2.45, 2.75) is 31.7 Å². The van der Waals surface area contributed by atoms with E-state index in [4.69, 9.17) is 23.8 Å². The molecule has 2 rings (SSSR count). The molecule has 23 heavy (non-hydrogen) atoms. The van der Waals surface area contributed by atoms with E-state index in [1.807, 2.05) is 0 Å². The SMILES string of the molecule is CCN(CC)S(=O)(=O)c1cc(N2C(=O)[C@@H](C)NC2=S)ccc1Cl. The molecule has 6 nitrogen and oxygen atoms in total. The van der Waals surface area contributed by atoms with E-state index in [0.717, 1.165) is 0 Å². The molecule has 0 aromatic heterocycles.